The van der Waals surface area contributed by atoms with Crippen molar-refractivity contribution in [3.8, 4) is 11.3 Å². The Balaban J connectivity index is 1.09. The van der Waals surface area contributed by atoms with E-state index >= 15 is 0 Å². The molecule has 10 heteroatoms. The Morgan fingerprint density at radius 2 is 1.75 bits per heavy atom. The summed E-state index contributed by atoms with van der Waals surface area (Å²) in [6, 6.07) is 11.8. The van der Waals surface area contributed by atoms with Crippen molar-refractivity contribution in [1.82, 2.24) is 16.0 Å². The topological polar surface area (TPSA) is 88.9 Å². The van der Waals surface area contributed by atoms with Crippen LogP contribution in [0.5, 0.6) is 0 Å². The van der Waals surface area contributed by atoms with Crippen molar-refractivity contribution in [3.05, 3.63) is 71.0 Å². The third-order valence-electron chi connectivity index (χ3n) is 6.99. The zero-order valence-corrected chi connectivity index (χ0v) is 19.5. The van der Waals surface area contributed by atoms with Crippen molar-refractivity contribution in [2.75, 3.05) is 18.0 Å². The van der Waals surface area contributed by atoms with Crippen LogP contribution < -0.4 is 15.7 Å². The smallest absolute Gasteiger partial charge is 0.373 e. The number of aromatic nitrogens is 1. The zero-order chi connectivity index (χ0) is 24.6. The van der Waals surface area contributed by atoms with Gasteiger partial charge in [-0.2, -0.15) is 0 Å². The maximum Gasteiger partial charge on any atom is 0.427 e. The first-order valence-corrected chi connectivity index (χ1v) is 12.2. The summed E-state index contributed by atoms with van der Waals surface area (Å²) in [6.45, 7) is 1.85. The van der Waals surface area contributed by atoms with Crippen LogP contribution in [0, 0.1) is 11.6 Å². The molecule has 0 spiro atoms. The molecule has 1 unspecified atom stereocenters. The monoisotopic (exact) mass is 496 g/mol. The van der Waals surface area contributed by atoms with Crippen LogP contribution in [-0.4, -0.2) is 30.4 Å². The molecule has 1 atom stereocenters. The second kappa shape index (κ2) is 9.51. The van der Waals surface area contributed by atoms with Gasteiger partial charge >= 0.3 is 6.09 Å². The number of ether oxygens (including phenoxy) is 1. The molecule has 2 saturated heterocycles. The van der Waals surface area contributed by atoms with Crippen LogP contribution in [0.25, 0.3) is 11.3 Å². The van der Waals surface area contributed by atoms with Crippen LogP contribution >= 0.6 is 0 Å². The number of nitrogens with zero attached hydrogens (tertiary/aromatic N) is 2. The number of carbonyl (C=O) groups is 1. The van der Waals surface area contributed by atoms with Crippen LogP contribution in [-0.2, 0) is 16.2 Å². The molecule has 3 aliphatic rings. The third-order valence-corrected chi connectivity index (χ3v) is 6.99. The largest absolute Gasteiger partial charge is 0.427 e. The number of anilines is 1. The van der Waals surface area contributed by atoms with Gasteiger partial charge in [0.1, 0.15) is 29.3 Å². The minimum atomic E-state index is -0.662. The van der Waals surface area contributed by atoms with Gasteiger partial charge in [0, 0.05) is 30.3 Å². The van der Waals surface area contributed by atoms with Gasteiger partial charge in [0.15, 0.2) is 0 Å². The molecule has 3 heterocycles. The lowest BCUT2D eigenvalue weighted by atomic mass is 10.0. The summed E-state index contributed by atoms with van der Waals surface area (Å²) < 4.78 is 40.7. The standard InChI is InChI=1S/C26H26F2N4O4/c27-20-2-1-3-21(28)22(20)23-19(24(35-30-23)15-4-5-15)14-34-18-10-12-32(13-11-18)17-8-6-16(7-9-17)25-29-26(33)36-31-25/h1-3,6-9,15,18,25,31H,4-5,10-14H2,(H,29,33). The number of hydrogen-bond acceptors (Lipinski definition) is 7. The molecule has 1 saturated carbocycles. The Bertz CT molecular complexity index is 1230. The van der Waals surface area contributed by atoms with E-state index < -0.39 is 17.7 Å². The Labute approximate surface area is 206 Å². The van der Waals surface area contributed by atoms with Gasteiger partial charge < -0.3 is 19.0 Å². The number of carbonyl (C=O) groups excluding carboxylic acids is 1. The predicted molar refractivity (Wildman–Crippen MR) is 126 cm³/mol. The highest BCUT2D eigenvalue weighted by Gasteiger charge is 2.34. The number of hydroxylamine groups is 1. The van der Waals surface area contributed by atoms with E-state index in [4.69, 9.17) is 14.1 Å². The Hall–Kier alpha value is -3.50. The van der Waals surface area contributed by atoms with E-state index in [1.54, 1.807) is 0 Å². The normalized spacial score (nSPS) is 20.4. The molecule has 1 aromatic heterocycles. The predicted octanol–water partition coefficient (Wildman–Crippen LogP) is 4.93. The molecule has 188 valence electrons. The van der Waals surface area contributed by atoms with Crippen molar-refractivity contribution >= 4 is 11.8 Å². The maximum absolute atomic E-state index is 14.5. The number of benzene rings is 2. The summed E-state index contributed by atoms with van der Waals surface area (Å²) in [4.78, 5) is 18.2. The fraction of sp³-hybridized carbons (Fsp3) is 0.385. The van der Waals surface area contributed by atoms with E-state index in [0.717, 1.165) is 50.0 Å². The van der Waals surface area contributed by atoms with Gasteiger partial charge in [0.25, 0.3) is 0 Å². The molecule has 1 aliphatic carbocycles. The van der Waals surface area contributed by atoms with E-state index in [2.05, 4.69) is 20.9 Å². The maximum atomic E-state index is 14.5. The van der Waals surface area contributed by atoms with Gasteiger partial charge in [-0.3, -0.25) is 5.32 Å². The summed E-state index contributed by atoms with van der Waals surface area (Å²) in [7, 11) is 0. The lowest BCUT2D eigenvalue weighted by Crippen LogP contribution is -2.37. The fourth-order valence-corrected chi connectivity index (χ4v) is 4.85. The first kappa shape index (κ1) is 22.9. The molecular weight excluding hydrogens is 470 g/mol. The SMILES string of the molecule is O=C1NC(c2ccc(N3CCC(OCc4c(-c5c(F)cccc5F)noc4C4CC4)CC3)cc2)NO1. The minimum absolute atomic E-state index is 0.0239. The fourth-order valence-electron chi connectivity index (χ4n) is 4.85. The van der Waals surface area contributed by atoms with Gasteiger partial charge in [-0.15, -0.1) is 5.48 Å². The molecule has 6 rings (SSSR count). The number of piperidine rings is 1. The van der Waals surface area contributed by atoms with Crippen LogP contribution in [0.1, 0.15) is 54.7 Å². The van der Waals surface area contributed by atoms with E-state index in [1.165, 1.54) is 18.2 Å². The number of hydrogen-bond donors (Lipinski definition) is 2. The van der Waals surface area contributed by atoms with Gasteiger partial charge in [-0.25, -0.2) is 13.6 Å². The molecule has 0 bridgehead atoms. The van der Waals surface area contributed by atoms with Crippen molar-refractivity contribution in [1.29, 1.82) is 0 Å². The summed E-state index contributed by atoms with van der Waals surface area (Å²) in [5.74, 6) is -0.401. The Morgan fingerprint density at radius 1 is 1.03 bits per heavy atom. The van der Waals surface area contributed by atoms with Crippen LogP contribution in [0.2, 0.25) is 0 Å². The minimum Gasteiger partial charge on any atom is -0.373 e. The van der Waals surface area contributed by atoms with Crippen LogP contribution in [0.15, 0.2) is 47.0 Å². The Kier molecular flexibility index (Phi) is 6.06. The quantitative estimate of drug-likeness (QED) is 0.480. The van der Waals surface area contributed by atoms with Gasteiger partial charge in [0.2, 0.25) is 0 Å². The molecule has 2 N–H and O–H groups in total. The number of halogens is 2. The molecule has 0 radical (unpaired) electrons. The second-order valence-electron chi connectivity index (χ2n) is 9.42. The van der Waals surface area contributed by atoms with Crippen LogP contribution in [0.3, 0.4) is 0 Å². The third kappa shape index (κ3) is 4.54. The van der Waals surface area contributed by atoms with Crippen LogP contribution in [0.4, 0.5) is 19.3 Å². The van der Waals surface area contributed by atoms with Crippen molar-refractivity contribution < 1.29 is 27.7 Å². The molecule has 8 nitrogen and oxygen atoms in total. The Morgan fingerprint density at radius 3 is 2.39 bits per heavy atom. The lowest BCUT2D eigenvalue weighted by molar-refractivity contribution is 0.0246. The molecule has 2 aliphatic heterocycles. The van der Waals surface area contributed by atoms with Crippen molar-refractivity contribution in [3.63, 3.8) is 0 Å². The lowest BCUT2D eigenvalue weighted by Gasteiger charge is -2.33. The summed E-state index contributed by atoms with van der Waals surface area (Å²) >= 11 is 0. The van der Waals surface area contributed by atoms with E-state index in [9.17, 15) is 13.6 Å². The first-order chi connectivity index (χ1) is 17.6. The number of rotatable bonds is 7. The molecule has 3 aromatic rings. The second-order valence-corrected chi connectivity index (χ2v) is 9.42. The first-order valence-electron chi connectivity index (χ1n) is 12.2. The average Bonchev–Trinajstić information content (AvgIpc) is 3.51. The molecule has 36 heavy (non-hydrogen) atoms. The number of nitrogens with one attached hydrogen (secondary N) is 2. The number of amides is 1. The molecular formula is C26H26F2N4O4. The summed E-state index contributed by atoms with van der Waals surface area (Å²) in [6.07, 6.45) is 2.78. The molecule has 3 fully saturated rings. The van der Waals surface area contributed by atoms with E-state index in [0.29, 0.717) is 11.3 Å². The zero-order valence-electron chi connectivity index (χ0n) is 19.5. The summed E-state index contributed by atoms with van der Waals surface area (Å²) in [5.41, 5.74) is 5.33. The van der Waals surface area contributed by atoms with Gasteiger partial charge in [0.05, 0.1) is 18.3 Å². The van der Waals surface area contributed by atoms with Gasteiger partial charge in [-0.05, 0) is 55.5 Å². The van der Waals surface area contributed by atoms with Crippen molar-refractivity contribution in [2.45, 2.75) is 50.5 Å². The van der Waals surface area contributed by atoms with Crippen molar-refractivity contribution in [2.24, 2.45) is 0 Å². The van der Waals surface area contributed by atoms with E-state index in [1.807, 2.05) is 24.3 Å². The molecule has 2 aromatic carbocycles. The highest BCUT2D eigenvalue weighted by molar-refractivity contribution is 5.69. The van der Waals surface area contributed by atoms with Gasteiger partial charge in [-0.1, -0.05) is 23.4 Å². The van der Waals surface area contributed by atoms with E-state index in [-0.39, 0.29) is 36.1 Å². The highest BCUT2D eigenvalue weighted by Crippen LogP contribution is 2.45. The molecule has 1 amide bonds. The average molecular weight is 497 g/mol. The highest BCUT2D eigenvalue weighted by atomic mass is 19.1. The summed E-state index contributed by atoms with van der Waals surface area (Å²) in [5, 5.41) is 6.73.